The first-order chi connectivity index (χ1) is 13.2. The summed E-state index contributed by atoms with van der Waals surface area (Å²) < 4.78 is 0. The van der Waals surface area contributed by atoms with Gasteiger partial charge in [0, 0.05) is 12.0 Å². The molecule has 148 valence electrons. The number of fused-ring (bicyclic) bond motifs is 1. The third-order valence-electron chi connectivity index (χ3n) is 5.49. The number of piperidine rings is 1. The zero-order chi connectivity index (χ0) is 18.6. The molecule has 3 N–H and O–H groups in total. The highest BCUT2D eigenvalue weighted by molar-refractivity contribution is 5.95. The minimum atomic E-state index is 0. The van der Waals surface area contributed by atoms with Crippen molar-refractivity contribution in [2.45, 2.75) is 26.2 Å². The van der Waals surface area contributed by atoms with Gasteiger partial charge in [-0.05, 0) is 62.0 Å². The molecule has 6 heteroatoms. The fraction of sp³-hybridized carbons (Fsp3) is 0.364. The summed E-state index contributed by atoms with van der Waals surface area (Å²) in [5.41, 5.74) is 3.63. The van der Waals surface area contributed by atoms with Gasteiger partial charge in [-0.15, -0.1) is 12.4 Å². The quantitative estimate of drug-likeness (QED) is 0.587. The summed E-state index contributed by atoms with van der Waals surface area (Å²) in [6.07, 6.45) is 2.95. The number of nitrogens with one attached hydrogen (secondary N) is 3. The topological polar surface area (TPSA) is 69.8 Å². The van der Waals surface area contributed by atoms with Crippen molar-refractivity contribution >= 4 is 35.0 Å². The Morgan fingerprint density at radius 1 is 1.21 bits per heavy atom. The zero-order valence-electron chi connectivity index (χ0n) is 16.1. The molecule has 28 heavy (non-hydrogen) atoms. The average molecular weight is 399 g/mol. The van der Waals surface area contributed by atoms with Gasteiger partial charge in [0.05, 0.1) is 16.7 Å². The number of nitrogens with zero attached hydrogens (tertiary/aromatic N) is 1. The molecule has 0 aliphatic carbocycles. The predicted octanol–water partition coefficient (Wildman–Crippen LogP) is 4.62. The Hall–Kier alpha value is -2.37. The minimum absolute atomic E-state index is 0. The molecule has 2 heterocycles. The van der Waals surface area contributed by atoms with Gasteiger partial charge < -0.3 is 15.6 Å². The van der Waals surface area contributed by atoms with Crippen LogP contribution in [0.1, 0.15) is 26.2 Å². The number of anilines is 1. The van der Waals surface area contributed by atoms with Crippen LogP contribution >= 0.6 is 12.4 Å². The Morgan fingerprint density at radius 3 is 2.79 bits per heavy atom. The summed E-state index contributed by atoms with van der Waals surface area (Å²) in [5.74, 6) is 1.79. The van der Waals surface area contributed by atoms with E-state index in [9.17, 15) is 4.79 Å². The molecular weight excluding hydrogens is 372 g/mol. The summed E-state index contributed by atoms with van der Waals surface area (Å²) in [6.45, 7) is 4.30. The average Bonchev–Trinajstić information content (AvgIpc) is 3.13. The van der Waals surface area contributed by atoms with E-state index >= 15 is 0 Å². The van der Waals surface area contributed by atoms with E-state index in [0.29, 0.717) is 18.3 Å². The number of imidazole rings is 1. The SMILES string of the molecule is CC(CC(=O)Nc1ccccc1-c1nc2ccccc2[nH]1)C1CCCNC1.Cl. The molecule has 5 nitrogen and oxygen atoms in total. The molecule has 1 amide bonds. The van der Waals surface area contributed by atoms with Gasteiger partial charge in [-0.2, -0.15) is 0 Å². The highest BCUT2D eigenvalue weighted by atomic mass is 35.5. The highest BCUT2D eigenvalue weighted by Crippen LogP contribution is 2.28. The second-order valence-corrected chi connectivity index (χ2v) is 7.48. The van der Waals surface area contributed by atoms with E-state index in [4.69, 9.17) is 0 Å². The fourth-order valence-electron chi connectivity index (χ4n) is 3.90. The molecule has 0 spiro atoms. The lowest BCUT2D eigenvalue weighted by Gasteiger charge is -2.28. The number of halogens is 1. The van der Waals surface area contributed by atoms with Gasteiger partial charge in [0.1, 0.15) is 5.82 Å². The fourth-order valence-corrected chi connectivity index (χ4v) is 3.90. The molecule has 0 bridgehead atoms. The normalized spacial score (nSPS) is 17.7. The van der Waals surface area contributed by atoms with Gasteiger partial charge in [0.25, 0.3) is 0 Å². The number of benzene rings is 2. The van der Waals surface area contributed by atoms with Crippen LogP contribution in [-0.4, -0.2) is 29.0 Å². The summed E-state index contributed by atoms with van der Waals surface area (Å²) >= 11 is 0. The van der Waals surface area contributed by atoms with Crippen LogP contribution < -0.4 is 10.6 Å². The third kappa shape index (κ3) is 4.54. The Morgan fingerprint density at radius 2 is 2.00 bits per heavy atom. The number of para-hydroxylation sites is 3. The number of hydrogen-bond acceptors (Lipinski definition) is 3. The van der Waals surface area contributed by atoms with Crippen molar-refractivity contribution < 1.29 is 4.79 Å². The first-order valence-electron chi connectivity index (χ1n) is 9.75. The van der Waals surface area contributed by atoms with Gasteiger partial charge >= 0.3 is 0 Å². The monoisotopic (exact) mass is 398 g/mol. The molecule has 1 aromatic heterocycles. The third-order valence-corrected chi connectivity index (χ3v) is 5.49. The first-order valence-corrected chi connectivity index (χ1v) is 9.75. The summed E-state index contributed by atoms with van der Waals surface area (Å²) in [4.78, 5) is 20.7. The molecular formula is C22H27ClN4O. The molecule has 0 saturated carbocycles. The maximum absolute atomic E-state index is 12.7. The van der Waals surface area contributed by atoms with E-state index < -0.39 is 0 Å². The van der Waals surface area contributed by atoms with Crippen LogP contribution in [0.25, 0.3) is 22.4 Å². The van der Waals surface area contributed by atoms with Crippen molar-refractivity contribution in [3.63, 3.8) is 0 Å². The van der Waals surface area contributed by atoms with E-state index in [1.54, 1.807) is 0 Å². The predicted molar refractivity (Wildman–Crippen MR) is 117 cm³/mol. The summed E-state index contributed by atoms with van der Waals surface area (Å²) in [6, 6.07) is 15.8. The van der Waals surface area contributed by atoms with Crippen molar-refractivity contribution in [1.29, 1.82) is 0 Å². The maximum atomic E-state index is 12.7. The molecule has 1 saturated heterocycles. The van der Waals surface area contributed by atoms with Crippen LogP contribution in [0.15, 0.2) is 48.5 Å². The Labute approximate surface area is 171 Å². The number of aromatic amines is 1. The van der Waals surface area contributed by atoms with Crippen LogP contribution in [0.2, 0.25) is 0 Å². The summed E-state index contributed by atoms with van der Waals surface area (Å²) in [7, 11) is 0. The minimum Gasteiger partial charge on any atom is -0.338 e. The number of hydrogen-bond donors (Lipinski definition) is 3. The van der Waals surface area contributed by atoms with E-state index in [0.717, 1.165) is 41.2 Å². The number of rotatable bonds is 5. The number of carbonyl (C=O) groups is 1. The Kier molecular flexibility index (Phi) is 6.70. The van der Waals surface area contributed by atoms with E-state index in [1.807, 2.05) is 48.5 Å². The molecule has 2 aromatic carbocycles. The maximum Gasteiger partial charge on any atom is 0.224 e. The smallest absolute Gasteiger partial charge is 0.224 e. The molecule has 2 atom stereocenters. The molecule has 1 aliphatic rings. The number of H-pyrrole nitrogens is 1. The van der Waals surface area contributed by atoms with Crippen molar-refractivity contribution in [3.8, 4) is 11.4 Å². The molecule has 2 unspecified atom stereocenters. The number of carbonyl (C=O) groups excluding carboxylic acids is 1. The van der Waals surface area contributed by atoms with Crippen molar-refractivity contribution in [3.05, 3.63) is 48.5 Å². The zero-order valence-corrected chi connectivity index (χ0v) is 16.9. The number of amides is 1. The number of aromatic nitrogens is 2. The van der Waals surface area contributed by atoms with Gasteiger partial charge in [-0.25, -0.2) is 4.98 Å². The molecule has 3 aromatic rings. The highest BCUT2D eigenvalue weighted by Gasteiger charge is 2.22. The van der Waals surface area contributed by atoms with Gasteiger partial charge in [0.15, 0.2) is 0 Å². The Bertz CT molecular complexity index is 900. The largest absolute Gasteiger partial charge is 0.338 e. The van der Waals surface area contributed by atoms with Gasteiger partial charge in [-0.3, -0.25) is 4.79 Å². The van der Waals surface area contributed by atoms with Crippen molar-refractivity contribution in [1.82, 2.24) is 15.3 Å². The van der Waals surface area contributed by atoms with Crippen LogP contribution in [0, 0.1) is 11.8 Å². The van der Waals surface area contributed by atoms with Crippen LogP contribution in [0.4, 0.5) is 5.69 Å². The lowest BCUT2D eigenvalue weighted by Crippen LogP contribution is -2.34. The lowest BCUT2D eigenvalue weighted by molar-refractivity contribution is -0.117. The van der Waals surface area contributed by atoms with Crippen molar-refractivity contribution in [2.75, 3.05) is 18.4 Å². The van der Waals surface area contributed by atoms with E-state index in [1.165, 1.54) is 12.8 Å². The second-order valence-electron chi connectivity index (χ2n) is 7.48. The molecule has 1 aliphatic heterocycles. The van der Waals surface area contributed by atoms with Crippen LogP contribution in [0.3, 0.4) is 0 Å². The summed E-state index contributed by atoms with van der Waals surface area (Å²) in [5, 5.41) is 6.54. The standard InChI is InChI=1S/C22H26N4O.ClH/c1-15(16-7-6-12-23-14-16)13-21(27)24-18-9-3-2-8-17(18)22-25-19-10-4-5-11-20(19)26-22;/h2-5,8-11,15-16,23H,6-7,12-14H2,1H3,(H,24,27)(H,25,26);1H. The van der Waals surface area contributed by atoms with E-state index in [2.05, 4.69) is 27.5 Å². The van der Waals surface area contributed by atoms with E-state index in [-0.39, 0.29) is 18.3 Å². The molecule has 0 radical (unpaired) electrons. The molecule has 1 fully saturated rings. The second kappa shape index (κ2) is 9.22. The van der Waals surface area contributed by atoms with Crippen molar-refractivity contribution in [2.24, 2.45) is 11.8 Å². The van der Waals surface area contributed by atoms with Crippen LogP contribution in [0.5, 0.6) is 0 Å². The van der Waals surface area contributed by atoms with Gasteiger partial charge in [-0.1, -0.05) is 31.2 Å². The lowest BCUT2D eigenvalue weighted by atomic mass is 9.85. The van der Waals surface area contributed by atoms with Gasteiger partial charge in [0.2, 0.25) is 5.91 Å². The molecule has 4 rings (SSSR count). The first kappa shape index (κ1) is 20.4. The Balaban J connectivity index is 0.00000225. The van der Waals surface area contributed by atoms with Crippen LogP contribution in [-0.2, 0) is 4.79 Å².